The Labute approximate surface area is 216 Å². The van der Waals surface area contributed by atoms with Crippen molar-refractivity contribution in [3.63, 3.8) is 0 Å². The zero-order valence-electron chi connectivity index (χ0n) is 20.8. The summed E-state index contributed by atoms with van der Waals surface area (Å²) in [6.07, 6.45) is 0.464. The molecule has 3 aromatic rings. The number of hydrogen-bond acceptors (Lipinski definition) is 7. The van der Waals surface area contributed by atoms with Gasteiger partial charge in [0.15, 0.2) is 5.82 Å². The molecule has 2 aliphatic rings. The lowest BCUT2D eigenvalue weighted by molar-refractivity contribution is -0.137. The number of nitrogens with zero attached hydrogens (tertiary/aromatic N) is 4. The van der Waals surface area contributed by atoms with Crippen LogP contribution in [0.4, 0.5) is 19.0 Å². The fourth-order valence-electron chi connectivity index (χ4n) is 5.30. The maximum absolute atomic E-state index is 13.2. The van der Waals surface area contributed by atoms with Gasteiger partial charge in [-0.1, -0.05) is 0 Å². The fourth-order valence-corrected chi connectivity index (χ4v) is 6.21. The molecule has 2 aromatic heterocycles. The van der Waals surface area contributed by atoms with Crippen molar-refractivity contribution in [3.8, 4) is 0 Å². The fraction of sp³-hybridized carbons (Fsp3) is 0.560. The average Bonchev–Trinajstić information content (AvgIpc) is 3.43. The highest BCUT2D eigenvalue weighted by Gasteiger charge is 2.41. The number of aryl methyl sites for hydroxylation is 2. The van der Waals surface area contributed by atoms with Crippen molar-refractivity contribution in [2.75, 3.05) is 25.0 Å². The Balaban J connectivity index is 1.11. The molecule has 2 fully saturated rings. The molecular formula is C25H31F3N6O2S. The second kappa shape index (κ2) is 9.88. The number of amides is 1. The number of alkyl halides is 3. The van der Waals surface area contributed by atoms with Gasteiger partial charge in [0.1, 0.15) is 10.6 Å². The third-order valence-corrected chi connectivity index (χ3v) is 8.49. The number of carbonyl (C=O) groups is 1. The Kier molecular flexibility index (Phi) is 6.92. The molecule has 1 saturated heterocycles. The number of halogens is 3. The standard InChI is InChI=1S/C25H31F3N6O2S/c1-3-34-20-5-4-16(25(26,27)28)10-19(20)22(32-34)29-12-21(35)31-17-13-33(14-17)18-6-8-24(36,9-7-18)23-30-11-15(2)37-23/h4-5,10-11,17-18,36H,3,6-9,12-14H2,1-2H3,(H,29,32)(H,31,35). The van der Waals surface area contributed by atoms with Gasteiger partial charge in [-0.3, -0.25) is 14.4 Å². The predicted molar refractivity (Wildman–Crippen MR) is 135 cm³/mol. The van der Waals surface area contributed by atoms with Crippen LogP contribution in [0, 0.1) is 6.92 Å². The topological polar surface area (TPSA) is 95.3 Å². The van der Waals surface area contributed by atoms with Gasteiger partial charge in [0.05, 0.1) is 23.7 Å². The number of thiazole rings is 1. The van der Waals surface area contributed by atoms with E-state index in [1.165, 1.54) is 6.07 Å². The molecule has 200 valence electrons. The van der Waals surface area contributed by atoms with E-state index in [0.29, 0.717) is 36.3 Å². The molecule has 0 radical (unpaired) electrons. The quantitative estimate of drug-likeness (QED) is 0.424. The van der Waals surface area contributed by atoms with E-state index < -0.39 is 17.3 Å². The molecule has 37 heavy (non-hydrogen) atoms. The molecule has 0 bridgehead atoms. The summed E-state index contributed by atoms with van der Waals surface area (Å²) in [6.45, 7) is 5.75. The Morgan fingerprint density at radius 3 is 2.62 bits per heavy atom. The van der Waals surface area contributed by atoms with Gasteiger partial charge in [0.2, 0.25) is 5.91 Å². The van der Waals surface area contributed by atoms with Crippen molar-refractivity contribution in [1.29, 1.82) is 0 Å². The smallest absolute Gasteiger partial charge is 0.383 e. The Bertz CT molecular complexity index is 1280. The lowest BCUT2D eigenvalue weighted by Gasteiger charge is -2.47. The van der Waals surface area contributed by atoms with Crippen LogP contribution in [0.15, 0.2) is 24.4 Å². The molecular weight excluding hydrogens is 505 g/mol. The highest BCUT2D eigenvalue weighted by molar-refractivity contribution is 7.11. The van der Waals surface area contributed by atoms with E-state index in [4.69, 9.17) is 0 Å². The van der Waals surface area contributed by atoms with Gasteiger partial charge >= 0.3 is 6.18 Å². The van der Waals surface area contributed by atoms with Crippen LogP contribution in [-0.2, 0) is 23.1 Å². The van der Waals surface area contributed by atoms with Crippen LogP contribution in [0.5, 0.6) is 0 Å². The summed E-state index contributed by atoms with van der Waals surface area (Å²) < 4.78 is 41.2. The molecule has 0 unspecified atom stereocenters. The van der Waals surface area contributed by atoms with Crippen molar-refractivity contribution < 1.29 is 23.1 Å². The van der Waals surface area contributed by atoms with Crippen LogP contribution in [0.25, 0.3) is 10.9 Å². The van der Waals surface area contributed by atoms with Gasteiger partial charge in [0.25, 0.3) is 0 Å². The van der Waals surface area contributed by atoms with Crippen molar-refractivity contribution in [2.45, 2.75) is 69.9 Å². The van der Waals surface area contributed by atoms with Crippen molar-refractivity contribution >= 4 is 34.0 Å². The maximum atomic E-state index is 13.2. The number of hydrogen-bond donors (Lipinski definition) is 3. The van der Waals surface area contributed by atoms with Crippen molar-refractivity contribution in [2.24, 2.45) is 0 Å². The minimum Gasteiger partial charge on any atom is -0.383 e. The van der Waals surface area contributed by atoms with Gasteiger partial charge in [-0.2, -0.15) is 18.3 Å². The van der Waals surface area contributed by atoms with Gasteiger partial charge in [0, 0.05) is 42.1 Å². The molecule has 3 heterocycles. The average molecular weight is 537 g/mol. The number of anilines is 1. The SMILES string of the molecule is CCn1nc(NCC(=O)NC2CN(C3CCC(O)(c4ncc(C)s4)CC3)C2)c2cc(C(F)(F)F)ccc21. The van der Waals surface area contributed by atoms with Crippen LogP contribution in [0.3, 0.4) is 0 Å². The molecule has 0 atom stereocenters. The number of benzene rings is 1. The van der Waals surface area contributed by atoms with Gasteiger partial charge in [-0.15, -0.1) is 11.3 Å². The summed E-state index contributed by atoms with van der Waals surface area (Å²) >= 11 is 1.55. The molecule has 1 aliphatic heterocycles. The van der Waals surface area contributed by atoms with Crippen LogP contribution < -0.4 is 10.6 Å². The third-order valence-electron chi connectivity index (χ3n) is 7.39. The maximum Gasteiger partial charge on any atom is 0.416 e. The summed E-state index contributed by atoms with van der Waals surface area (Å²) in [5.41, 5.74) is -1.01. The summed E-state index contributed by atoms with van der Waals surface area (Å²) in [5.74, 6) is 0.0337. The largest absolute Gasteiger partial charge is 0.416 e. The predicted octanol–water partition coefficient (Wildman–Crippen LogP) is 3.88. The molecule has 1 aromatic carbocycles. The van der Waals surface area contributed by atoms with Crippen LogP contribution >= 0.6 is 11.3 Å². The zero-order chi connectivity index (χ0) is 26.4. The van der Waals surface area contributed by atoms with Crippen molar-refractivity contribution in [1.82, 2.24) is 25.0 Å². The van der Waals surface area contributed by atoms with Crippen LogP contribution in [0.2, 0.25) is 0 Å². The second-order valence-electron chi connectivity index (χ2n) is 10.0. The van der Waals surface area contributed by atoms with Crippen LogP contribution in [0.1, 0.15) is 48.1 Å². The Hall–Kier alpha value is -2.70. The Morgan fingerprint density at radius 1 is 1.27 bits per heavy atom. The first-order valence-electron chi connectivity index (χ1n) is 12.6. The molecule has 0 spiro atoms. The molecule has 12 heteroatoms. The Morgan fingerprint density at radius 2 is 2.00 bits per heavy atom. The highest BCUT2D eigenvalue weighted by Crippen LogP contribution is 2.41. The monoisotopic (exact) mass is 536 g/mol. The number of aliphatic hydroxyl groups is 1. The number of carbonyl (C=O) groups excluding carboxylic acids is 1. The van der Waals surface area contributed by atoms with Gasteiger partial charge in [-0.25, -0.2) is 4.98 Å². The minimum absolute atomic E-state index is 0.0264. The molecule has 5 rings (SSSR count). The minimum atomic E-state index is -4.45. The van der Waals surface area contributed by atoms with E-state index in [0.717, 1.165) is 47.9 Å². The van der Waals surface area contributed by atoms with Gasteiger partial charge < -0.3 is 15.7 Å². The molecule has 1 saturated carbocycles. The first kappa shape index (κ1) is 25.9. The zero-order valence-corrected chi connectivity index (χ0v) is 21.6. The molecule has 1 aliphatic carbocycles. The number of likely N-dealkylation sites (tertiary alicyclic amines) is 1. The summed E-state index contributed by atoms with van der Waals surface area (Å²) in [6, 6.07) is 3.92. The number of nitrogens with one attached hydrogen (secondary N) is 2. The molecule has 8 nitrogen and oxygen atoms in total. The first-order valence-corrected chi connectivity index (χ1v) is 13.4. The van der Waals surface area contributed by atoms with Crippen LogP contribution in [-0.4, -0.2) is 62.4 Å². The number of fused-ring (bicyclic) bond motifs is 1. The molecule has 1 amide bonds. The van der Waals surface area contributed by atoms with Crippen molar-refractivity contribution in [3.05, 3.63) is 39.8 Å². The van der Waals surface area contributed by atoms with E-state index in [1.807, 2.05) is 13.8 Å². The lowest BCUT2D eigenvalue weighted by atomic mass is 9.81. The first-order chi connectivity index (χ1) is 17.6. The molecule has 3 N–H and O–H groups in total. The highest BCUT2D eigenvalue weighted by atomic mass is 32.1. The second-order valence-corrected chi connectivity index (χ2v) is 11.2. The van der Waals surface area contributed by atoms with E-state index in [2.05, 4.69) is 25.6 Å². The number of aromatic nitrogens is 3. The lowest BCUT2D eigenvalue weighted by Crippen LogP contribution is -2.63. The van der Waals surface area contributed by atoms with E-state index in [9.17, 15) is 23.1 Å². The van der Waals surface area contributed by atoms with E-state index in [-0.39, 0.29) is 24.3 Å². The number of rotatable bonds is 7. The summed E-state index contributed by atoms with van der Waals surface area (Å²) in [5, 5.41) is 22.4. The van der Waals surface area contributed by atoms with E-state index >= 15 is 0 Å². The van der Waals surface area contributed by atoms with E-state index in [1.54, 1.807) is 22.2 Å². The summed E-state index contributed by atoms with van der Waals surface area (Å²) in [7, 11) is 0. The van der Waals surface area contributed by atoms with Gasteiger partial charge in [-0.05, 0) is 57.7 Å². The summed E-state index contributed by atoms with van der Waals surface area (Å²) in [4.78, 5) is 20.4. The third kappa shape index (κ3) is 5.32. The normalized spacial score (nSPS) is 23.2.